The number of halogens is 3. The Morgan fingerprint density at radius 3 is 2.15 bits per heavy atom. The zero-order chi connectivity index (χ0) is 35.6. The van der Waals surface area contributed by atoms with Crippen LogP contribution in [0.25, 0.3) is 5.69 Å². The normalized spacial score (nSPS) is 12.5. The molecule has 0 aliphatic heterocycles. The largest absolute Gasteiger partial charge is 0.480 e. The van der Waals surface area contributed by atoms with Crippen molar-refractivity contribution in [3.8, 4) is 11.4 Å². The molecule has 0 saturated carbocycles. The average molecular weight is 714 g/mol. The molecule has 1 atom stereocenters. The van der Waals surface area contributed by atoms with Crippen LogP contribution in [0.15, 0.2) is 59.4 Å². The van der Waals surface area contributed by atoms with E-state index in [1.54, 1.807) is 31.2 Å². The Morgan fingerprint density at radius 1 is 0.896 bits per heavy atom. The molecule has 0 aliphatic carbocycles. The molecule has 1 unspecified atom stereocenters. The number of rotatable bonds is 12. The van der Waals surface area contributed by atoms with Gasteiger partial charge in [-0.3, -0.25) is 19.5 Å². The summed E-state index contributed by atoms with van der Waals surface area (Å²) in [7, 11) is 0. The van der Waals surface area contributed by atoms with Crippen molar-refractivity contribution in [2.75, 3.05) is 10.6 Å². The van der Waals surface area contributed by atoms with Gasteiger partial charge in [0.25, 0.3) is 17.4 Å². The van der Waals surface area contributed by atoms with Crippen molar-refractivity contribution in [1.29, 1.82) is 0 Å². The third-order valence-corrected chi connectivity index (χ3v) is 9.94. The van der Waals surface area contributed by atoms with Crippen molar-refractivity contribution >= 4 is 58.1 Å². The molecule has 2 amide bonds. The van der Waals surface area contributed by atoms with E-state index < -0.39 is 17.6 Å². The predicted octanol–water partition coefficient (Wildman–Crippen LogP) is 9.86. The van der Waals surface area contributed by atoms with Crippen LogP contribution < -0.4 is 20.9 Å². The molecule has 0 spiro atoms. The molecule has 4 aromatic rings. The van der Waals surface area contributed by atoms with E-state index in [2.05, 4.69) is 69.4 Å². The topological polar surface area (TPSA) is 105 Å². The molecule has 1 aromatic heterocycles. The van der Waals surface area contributed by atoms with E-state index in [0.29, 0.717) is 22.9 Å². The van der Waals surface area contributed by atoms with Crippen LogP contribution in [0.4, 0.5) is 11.5 Å². The summed E-state index contributed by atoms with van der Waals surface area (Å²) in [6, 6.07) is 15.7. The van der Waals surface area contributed by atoms with Crippen LogP contribution in [0.3, 0.4) is 0 Å². The molecule has 3 aromatic carbocycles. The number of aromatic nitrogens is 2. The number of H-pyrrole nitrogens is 1. The molecule has 1 heterocycles. The minimum atomic E-state index is -0.766. The second kappa shape index (κ2) is 14.8. The number of carbonyl (C=O) groups is 2. The summed E-state index contributed by atoms with van der Waals surface area (Å²) in [5.41, 5.74) is 2.83. The van der Waals surface area contributed by atoms with Crippen LogP contribution >= 0.6 is 34.8 Å². The van der Waals surface area contributed by atoms with Crippen molar-refractivity contribution in [2.45, 2.75) is 91.6 Å². The molecule has 8 nitrogen and oxygen atoms in total. The maximum atomic E-state index is 13.5. The van der Waals surface area contributed by atoms with E-state index >= 15 is 0 Å². The lowest BCUT2D eigenvalue weighted by molar-refractivity contribution is -0.122. The van der Waals surface area contributed by atoms with E-state index in [-0.39, 0.29) is 49.4 Å². The number of anilines is 2. The highest BCUT2D eigenvalue weighted by Crippen LogP contribution is 2.39. The lowest BCUT2D eigenvalue weighted by Gasteiger charge is -2.31. The Kier molecular flexibility index (Phi) is 11.4. The molecule has 48 heavy (non-hydrogen) atoms. The van der Waals surface area contributed by atoms with Crippen molar-refractivity contribution in [1.82, 2.24) is 9.78 Å². The molecule has 0 fully saturated rings. The second-order valence-corrected chi connectivity index (χ2v) is 14.4. The van der Waals surface area contributed by atoms with Crippen molar-refractivity contribution in [3.05, 3.63) is 102 Å². The molecular formula is C37H43Cl3N4O4. The number of nitrogens with one attached hydrogen (secondary N) is 3. The lowest BCUT2D eigenvalue weighted by Crippen LogP contribution is -2.33. The van der Waals surface area contributed by atoms with Crippen LogP contribution in [0.1, 0.15) is 94.8 Å². The van der Waals surface area contributed by atoms with Crippen molar-refractivity contribution < 1.29 is 14.3 Å². The molecule has 4 rings (SSSR count). The van der Waals surface area contributed by atoms with Crippen molar-refractivity contribution in [2.24, 2.45) is 0 Å². The number of aromatic amines is 1. The molecule has 256 valence electrons. The fraction of sp³-hybridized carbons (Fsp3) is 0.378. The zero-order valence-electron chi connectivity index (χ0n) is 28.6. The Bertz CT molecular complexity index is 1870. The van der Waals surface area contributed by atoms with Crippen molar-refractivity contribution in [3.63, 3.8) is 0 Å². The third kappa shape index (κ3) is 7.94. The number of amides is 2. The first-order chi connectivity index (χ1) is 22.5. The third-order valence-electron chi connectivity index (χ3n) is 9.15. The monoisotopic (exact) mass is 712 g/mol. The van der Waals surface area contributed by atoms with Crippen LogP contribution in [0.5, 0.6) is 5.75 Å². The van der Waals surface area contributed by atoms with Gasteiger partial charge in [-0.1, -0.05) is 101 Å². The molecule has 0 radical (unpaired) electrons. The van der Waals surface area contributed by atoms with Gasteiger partial charge in [-0.25, -0.2) is 4.68 Å². The number of carbonyl (C=O) groups excluding carboxylic acids is 2. The highest BCUT2D eigenvalue weighted by atomic mass is 35.5. The highest BCUT2D eigenvalue weighted by molar-refractivity contribution is 6.40. The van der Waals surface area contributed by atoms with Gasteiger partial charge in [0.1, 0.15) is 17.3 Å². The molecule has 0 saturated heterocycles. The molecule has 11 heteroatoms. The van der Waals surface area contributed by atoms with Gasteiger partial charge in [-0.15, -0.1) is 0 Å². The van der Waals surface area contributed by atoms with Crippen LogP contribution in [0.2, 0.25) is 15.1 Å². The molecule has 0 aliphatic rings. The average Bonchev–Trinajstić information content (AvgIpc) is 3.31. The molecule has 0 bridgehead atoms. The van der Waals surface area contributed by atoms with Crippen LogP contribution in [0, 0.1) is 6.92 Å². The lowest BCUT2D eigenvalue weighted by atomic mass is 9.76. The summed E-state index contributed by atoms with van der Waals surface area (Å²) in [5.74, 6) is 0.0215. The Balaban J connectivity index is 1.54. The van der Waals surface area contributed by atoms with Gasteiger partial charge in [-0.05, 0) is 79.0 Å². The number of nitrogens with zero attached hydrogens (tertiary/aromatic N) is 1. The van der Waals surface area contributed by atoms with E-state index in [4.69, 9.17) is 39.5 Å². The number of hydrogen-bond donors (Lipinski definition) is 3. The fourth-order valence-corrected chi connectivity index (χ4v) is 6.13. The van der Waals surface area contributed by atoms with Gasteiger partial charge < -0.3 is 15.4 Å². The predicted molar refractivity (Wildman–Crippen MR) is 197 cm³/mol. The Labute approximate surface area is 297 Å². The Morgan fingerprint density at radius 2 is 1.54 bits per heavy atom. The second-order valence-electron chi connectivity index (χ2n) is 13.2. The summed E-state index contributed by atoms with van der Waals surface area (Å²) in [4.78, 5) is 39.8. The maximum absolute atomic E-state index is 13.5. The van der Waals surface area contributed by atoms with Gasteiger partial charge in [0, 0.05) is 21.8 Å². The number of ether oxygens (including phenoxy) is 1. The van der Waals surface area contributed by atoms with E-state index in [1.165, 1.54) is 17.7 Å². The minimum Gasteiger partial charge on any atom is -0.480 e. The summed E-state index contributed by atoms with van der Waals surface area (Å²) in [6.45, 7) is 16.6. The number of benzene rings is 3. The first-order valence-electron chi connectivity index (χ1n) is 16.0. The first-order valence-corrected chi connectivity index (χ1v) is 17.2. The smallest absolute Gasteiger partial charge is 0.276 e. The maximum Gasteiger partial charge on any atom is 0.276 e. The van der Waals surface area contributed by atoms with Gasteiger partial charge in [0.15, 0.2) is 6.10 Å². The van der Waals surface area contributed by atoms with E-state index in [0.717, 1.165) is 23.1 Å². The van der Waals surface area contributed by atoms with Crippen LogP contribution in [-0.2, 0) is 15.6 Å². The summed E-state index contributed by atoms with van der Waals surface area (Å²) >= 11 is 18.7. The number of hydrogen-bond acceptors (Lipinski definition) is 4. The first kappa shape index (κ1) is 37.1. The van der Waals surface area contributed by atoms with Gasteiger partial charge in [0.05, 0.1) is 15.6 Å². The van der Waals surface area contributed by atoms with Gasteiger partial charge >= 0.3 is 0 Å². The van der Waals surface area contributed by atoms with Gasteiger partial charge in [-0.2, -0.15) is 0 Å². The van der Waals surface area contributed by atoms with E-state index in [9.17, 15) is 14.4 Å². The quantitative estimate of drug-likeness (QED) is 0.136. The highest BCUT2D eigenvalue weighted by Gasteiger charge is 2.29. The molecular weight excluding hydrogens is 671 g/mol. The standard InChI is InChI=1S/C37H43Cl3N4O4/c1-9-29(48-30-16-15-23(36(5,6)10-2)18-26(30)37(7,8)11-3)34(46)41-25-14-12-13-22(17-25)33(45)42-32-21(4)35(47)44(43-32)31-27(39)19-24(38)20-28(31)40/h12-20,29,43H,9-11H2,1-8H3,(H,41,46)(H,42,45). The SMILES string of the molecule is CCC(Oc1ccc(C(C)(C)CC)cc1C(C)(C)CC)C(=O)Nc1cccc(C(=O)Nc2[nH]n(-c3c(Cl)cc(Cl)cc3Cl)c(=O)c2C)c1. The summed E-state index contributed by atoms with van der Waals surface area (Å²) in [6.07, 6.45) is 1.56. The van der Waals surface area contributed by atoms with Gasteiger partial charge in [0.2, 0.25) is 0 Å². The van der Waals surface area contributed by atoms with E-state index in [1.807, 2.05) is 13.0 Å². The summed E-state index contributed by atoms with van der Waals surface area (Å²) in [5, 5.41) is 9.15. The fourth-order valence-electron chi connectivity index (χ4n) is 5.15. The zero-order valence-corrected chi connectivity index (χ0v) is 30.9. The minimum absolute atomic E-state index is 0.00601. The summed E-state index contributed by atoms with van der Waals surface area (Å²) < 4.78 is 7.56. The molecule has 3 N–H and O–H groups in total. The Hall–Kier alpha value is -3.72. The van der Waals surface area contributed by atoms with Crippen LogP contribution in [-0.4, -0.2) is 27.7 Å².